The Morgan fingerprint density at radius 2 is 1.59 bits per heavy atom. The molecule has 0 aliphatic rings. The minimum atomic E-state index is -3.63. The van der Waals surface area contributed by atoms with Gasteiger partial charge in [-0.05, 0) is 56.5 Å². The van der Waals surface area contributed by atoms with Gasteiger partial charge in [-0.3, -0.25) is 4.79 Å². The van der Waals surface area contributed by atoms with Crippen LogP contribution in [0.1, 0.15) is 70.7 Å². The van der Waals surface area contributed by atoms with Gasteiger partial charge < -0.3 is 10.1 Å². The molecule has 32 heavy (non-hydrogen) atoms. The largest absolute Gasteiger partial charge is 0.465 e. The fourth-order valence-corrected chi connectivity index (χ4v) is 5.75. The Balaban J connectivity index is 2.24. The molecule has 0 unspecified atom stereocenters. The standard InChI is InChI=1S/C23H32N2O5S2/c1-6-8-14-25(15-9-7-2)32(28,29)19-12-10-18(11-13-19)21(26)24-22-20(23(27)30-5)16(3)17(4)31-22/h10-13H,6-9,14-15H2,1-5H3,(H,24,26). The summed E-state index contributed by atoms with van der Waals surface area (Å²) in [5.74, 6) is -0.933. The van der Waals surface area contributed by atoms with E-state index in [0.717, 1.165) is 36.1 Å². The molecule has 0 aliphatic carbocycles. The number of carbonyl (C=O) groups is 2. The molecule has 0 fully saturated rings. The molecule has 0 saturated heterocycles. The molecule has 7 nitrogen and oxygen atoms in total. The van der Waals surface area contributed by atoms with Crippen LogP contribution in [0.4, 0.5) is 5.00 Å². The summed E-state index contributed by atoms with van der Waals surface area (Å²) >= 11 is 1.30. The number of aryl methyl sites for hydroxylation is 1. The zero-order chi connectivity index (χ0) is 23.9. The maximum atomic E-state index is 13.1. The number of benzene rings is 1. The van der Waals surface area contributed by atoms with Crippen LogP contribution in [0.2, 0.25) is 0 Å². The van der Waals surface area contributed by atoms with Crippen molar-refractivity contribution in [2.75, 3.05) is 25.5 Å². The van der Waals surface area contributed by atoms with Crippen LogP contribution in [0.5, 0.6) is 0 Å². The number of nitrogens with one attached hydrogen (secondary N) is 1. The Kier molecular flexibility index (Phi) is 9.42. The Bertz CT molecular complexity index is 1040. The van der Waals surface area contributed by atoms with Gasteiger partial charge in [0.1, 0.15) is 5.00 Å². The van der Waals surface area contributed by atoms with Crippen LogP contribution in [-0.4, -0.2) is 44.8 Å². The molecule has 2 rings (SSSR count). The number of carbonyl (C=O) groups excluding carboxylic acids is 2. The molecule has 1 amide bonds. The van der Waals surface area contributed by atoms with Gasteiger partial charge in [-0.25, -0.2) is 13.2 Å². The second kappa shape index (κ2) is 11.6. The van der Waals surface area contributed by atoms with Gasteiger partial charge >= 0.3 is 5.97 Å². The van der Waals surface area contributed by atoms with Gasteiger partial charge in [0, 0.05) is 23.5 Å². The molecule has 1 aromatic heterocycles. The normalized spacial score (nSPS) is 11.6. The Labute approximate surface area is 194 Å². The summed E-state index contributed by atoms with van der Waals surface area (Å²) < 4.78 is 32.5. The van der Waals surface area contributed by atoms with Gasteiger partial charge in [0.15, 0.2) is 0 Å². The summed E-state index contributed by atoms with van der Waals surface area (Å²) in [6, 6.07) is 5.90. The van der Waals surface area contributed by atoms with Crippen LogP contribution in [0.3, 0.4) is 0 Å². The number of methoxy groups -OCH3 is 1. The summed E-state index contributed by atoms with van der Waals surface area (Å²) in [4.78, 5) is 25.9. The lowest BCUT2D eigenvalue weighted by Gasteiger charge is -2.22. The number of anilines is 1. The van der Waals surface area contributed by atoms with Gasteiger partial charge in [-0.2, -0.15) is 4.31 Å². The third-order valence-corrected chi connectivity index (χ3v) is 8.31. The maximum Gasteiger partial charge on any atom is 0.341 e. The minimum Gasteiger partial charge on any atom is -0.465 e. The van der Waals surface area contributed by atoms with Crippen molar-refractivity contribution in [2.24, 2.45) is 0 Å². The van der Waals surface area contributed by atoms with E-state index in [1.54, 1.807) is 6.92 Å². The van der Waals surface area contributed by atoms with Gasteiger partial charge in [0.05, 0.1) is 17.6 Å². The average Bonchev–Trinajstić information content (AvgIpc) is 3.06. The lowest BCUT2D eigenvalue weighted by molar-refractivity contribution is 0.0601. The van der Waals surface area contributed by atoms with E-state index in [1.807, 2.05) is 20.8 Å². The van der Waals surface area contributed by atoms with Crippen LogP contribution in [-0.2, 0) is 14.8 Å². The fraction of sp³-hybridized carbons (Fsp3) is 0.478. The summed E-state index contributed by atoms with van der Waals surface area (Å²) in [6.45, 7) is 8.68. The van der Waals surface area contributed by atoms with Crippen molar-refractivity contribution in [3.8, 4) is 0 Å². The SMILES string of the molecule is CCCCN(CCCC)S(=O)(=O)c1ccc(C(=O)Nc2sc(C)c(C)c2C(=O)OC)cc1. The van der Waals surface area contributed by atoms with Gasteiger partial charge in [-0.15, -0.1) is 11.3 Å². The summed E-state index contributed by atoms with van der Waals surface area (Å²) in [7, 11) is -2.33. The quantitative estimate of drug-likeness (QED) is 0.457. The number of amides is 1. The molecule has 0 spiro atoms. The molecular formula is C23H32N2O5S2. The van der Waals surface area contributed by atoms with Crippen molar-refractivity contribution in [1.29, 1.82) is 0 Å². The molecule has 0 aliphatic heterocycles. The Morgan fingerprint density at radius 1 is 1.03 bits per heavy atom. The van der Waals surface area contributed by atoms with Crippen molar-refractivity contribution in [2.45, 2.75) is 58.3 Å². The number of hydrogen-bond donors (Lipinski definition) is 1. The van der Waals surface area contributed by atoms with Crippen molar-refractivity contribution in [3.63, 3.8) is 0 Å². The zero-order valence-corrected chi connectivity index (χ0v) is 21.0. The number of nitrogens with zero attached hydrogens (tertiary/aromatic N) is 1. The van der Waals surface area contributed by atoms with Crippen molar-refractivity contribution >= 4 is 38.2 Å². The molecule has 0 saturated carbocycles. The maximum absolute atomic E-state index is 13.1. The minimum absolute atomic E-state index is 0.166. The molecule has 1 N–H and O–H groups in total. The number of thiophene rings is 1. The topological polar surface area (TPSA) is 92.8 Å². The van der Waals surface area contributed by atoms with E-state index in [9.17, 15) is 18.0 Å². The van der Waals surface area contributed by atoms with E-state index in [4.69, 9.17) is 4.74 Å². The highest BCUT2D eigenvalue weighted by molar-refractivity contribution is 7.89. The van der Waals surface area contributed by atoms with Crippen LogP contribution < -0.4 is 5.32 Å². The van der Waals surface area contributed by atoms with Gasteiger partial charge in [0.25, 0.3) is 5.91 Å². The third-order valence-electron chi connectivity index (χ3n) is 5.28. The molecule has 1 aromatic carbocycles. The van der Waals surface area contributed by atoms with E-state index >= 15 is 0 Å². The van der Waals surface area contributed by atoms with E-state index < -0.39 is 21.9 Å². The van der Waals surface area contributed by atoms with E-state index in [1.165, 1.54) is 47.0 Å². The third kappa shape index (κ3) is 5.96. The summed E-state index contributed by atoms with van der Waals surface area (Å²) in [5, 5.41) is 3.17. The van der Waals surface area contributed by atoms with Crippen LogP contribution in [0.25, 0.3) is 0 Å². The van der Waals surface area contributed by atoms with Crippen molar-refractivity contribution in [3.05, 3.63) is 45.8 Å². The van der Waals surface area contributed by atoms with Crippen molar-refractivity contribution in [1.82, 2.24) is 4.31 Å². The molecule has 0 radical (unpaired) electrons. The van der Waals surface area contributed by atoms with E-state index in [-0.39, 0.29) is 4.90 Å². The van der Waals surface area contributed by atoms with Gasteiger partial charge in [0.2, 0.25) is 10.0 Å². The number of sulfonamides is 1. The van der Waals surface area contributed by atoms with Gasteiger partial charge in [-0.1, -0.05) is 26.7 Å². The summed E-state index contributed by atoms with van der Waals surface area (Å²) in [6.07, 6.45) is 3.41. The monoisotopic (exact) mass is 480 g/mol. The first-order valence-electron chi connectivity index (χ1n) is 10.8. The van der Waals surface area contributed by atoms with Crippen molar-refractivity contribution < 1.29 is 22.7 Å². The van der Waals surface area contributed by atoms with Crippen LogP contribution in [0.15, 0.2) is 29.2 Å². The number of ether oxygens (including phenoxy) is 1. The molecule has 2 aromatic rings. The number of hydrogen-bond acceptors (Lipinski definition) is 6. The predicted octanol–water partition coefficient (Wildman–Crippen LogP) is 4.99. The molecule has 0 atom stereocenters. The fourth-order valence-electron chi connectivity index (χ4n) is 3.19. The van der Waals surface area contributed by atoms with E-state index in [0.29, 0.717) is 29.2 Å². The highest BCUT2D eigenvalue weighted by Gasteiger charge is 2.25. The average molecular weight is 481 g/mol. The lowest BCUT2D eigenvalue weighted by atomic mass is 10.1. The highest BCUT2D eigenvalue weighted by Crippen LogP contribution is 2.33. The molecule has 176 valence electrons. The Hall–Kier alpha value is -2.23. The number of rotatable bonds is 11. The first-order valence-corrected chi connectivity index (χ1v) is 13.0. The summed E-state index contributed by atoms with van der Waals surface area (Å²) in [5.41, 5.74) is 1.40. The smallest absolute Gasteiger partial charge is 0.341 e. The first kappa shape index (κ1) is 26.0. The first-order chi connectivity index (χ1) is 15.2. The zero-order valence-electron chi connectivity index (χ0n) is 19.4. The van der Waals surface area contributed by atoms with E-state index in [2.05, 4.69) is 5.32 Å². The Morgan fingerprint density at radius 3 is 2.09 bits per heavy atom. The number of esters is 1. The molecule has 1 heterocycles. The molecular weight excluding hydrogens is 448 g/mol. The second-order valence-corrected chi connectivity index (χ2v) is 10.7. The molecule has 0 bridgehead atoms. The lowest BCUT2D eigenvalue weighted by Crippen LogP contribution is -2.33. The molecule has 9 heteroatoms. The predicted molar refractivity (Wildman–Crippen MR) is 128 cm³/mol. The highest BCUT2D eigenvalue weighted by atomic mass is 32.2. The van der Waals surface area contributed by atoms with Crippen LogP contribution in [0, 0.1) is 13.8 Å². The second-order valence-electron chi connectivity index (χ2n) is 7.57. The number of unbranched alkanes of at least 4 members (excludes halogenated alkanes) is 2. The van der Waals surface area contributed by atoms with Crippen LogP contribution >= 0.6 is 11.3 Å².